The van der Waals surface area contributed by atoms with E-state index in [1.807, 2.05) is 0 Å². The maximum absolute atomic E-state index is 12.7. The minimum atomic E-state index is -3.54. The predicted octanol–water partition coefficient (Wildman–Crippen LogP) is 1.65. The zero-order valence-corrected chi connectivity index (χ0v) is 18.8. The molecule has 11 heteroatoms. The summed E-state index contributed by atoms with van der Waals surface area (Å²) in [7, 11) is -0.157. The number of carbonyl (C=O) groups is 1. The van der Waals surface area contributed by atoms with Crippen LogP contribution in [-0.4, -0.2) is 70.5 Å². The van der Waals surface area contributed by atoms with Crippen LogP contribution in [-0.2, 0) is 21.2 Å². The number of nitro benzene ring substituents is 1. The molecule has 0 radical (unpaired) electrons. The SMILES string of the molecule is CN(C)c1ccc(C(=O)NCCc2ccc(S(=O)(=O)N3CCOCC3)cc2)cc1[N+](=O)[O-]. The summed E-state index contributed by atoms with van der Waals surface area (Å²) < 4.78 is 31.9. The second-order valence-electron chi connectivity index (χ2n) is 7.52. The first-order valence-electron chi connectivity index (χ1n) is 10.1. The summed E-state index contributed by atoms with van der Waals surface area (Å²) in [5, 5.41) is 14.0. The maximum atomic E-state index is 12.7. The van der Waals surface area contributed by atoms with Gasteiger partial charge in [0.25, 0.3) is 11.6 Å². The lowest BCUT2D eigenvalue weighted by atomic mass is 10.1. The first-order chi connectivity index (χ1) is 15.2. The summed E-state index contributed by atoms with van der Waals surface area (Å²) in [4.78, 5) is 25.0. The topological polar surface area (TPSA) is 122 Å². The molecule has 0 aromatic heterocycles. The molecule has 2 aromatic rings. The van der Waals surface area contributed by atoms with Crippen molar-refractivity contribution in [2.75, 3.05) is 51.8 Å². The van der Waals surface area contributed by atoms with Gasteiger partial charge < -0.3 is 15.0 Å². The summed E-state index contributed by atoms with van der Waals surface area (Å²) in [6.45, 7) is 1.75. The van der Waals surface area contributed by atoms with E-state index >= 15 is 0 Å². The van der Waals surface area contributed by atoms with E-state index in [0.717, 1.165) is 5.56 Å². The lowest BCUT2D eigenvalue weighted by Gasteiger charge is -2.26. The zero-order chi connectivity index (χ0) is 23.3. The molecule has 2 aromatic carbocycles. The fourth-order valence-corrected chi connectivity index (χ4v) is 4.78. The number of carbonyl (C=O) groups excluding carboxylic acids is 1. The maximum Gasteiger partial charge on any atom is 0.293 e. The number of anilines is 1. The molecule has 32 heavy (non-hydrogen) atoms. The Morgan fingerprint density at radius 3 is 2.41 bits per heavy atom. The van der Waals surface area contributed by atoms with E-state index in [9.17, 15) is 23.3 Å². The first-order valence-corrected chi connectivity index (χ1v) is 11.5. The molecule has 1 fully saturated rings. The number of hydrogen-bond acceptors (Lipinski definition) is 7. The molecule has 0 saturated carbocycles. The Morgan fingerprint density at radius 2 is 1.81 bits per heavy atom. The summed E-state index contributed by atoms with van der Waals surface area (Å²) in [5.41, 5.74) is 1.34. The molecular weight excluding hydrogens is 436 g/mol. The molecule has 1 heterocycles. The van der Waals surface area contributed by atoms with E-state index in [0.29, 0.717) is 45.0 Å². The average Bonchev–Trinajstić information content (AvgIpc) is 2.79. The van der Waals surface area contributed by atoms with Gasteiger partial charge in [-0.05, 0) is 36.2 Å². The van der Waals surface area contributed by atoms with Crippen molar-refractivity contribution in [1.29, 1.82) is 0 Å². The summed E-state index contributed by atoms with van der Waals surface area (Å²) in [5.74, 6) is -0.412. The Bertz CT molecular complexity index is 1080. The number of hydrogen-bond donors (Lipinski definition) is 1. The van der Waals surface area contributed by atoms with Crippen LogP contribution in [0.2, 0.25) is 0 Å². The van der Waals surface area contributed by atoms with E-state index in [-0.39, 0.29) is 16.1 Å². The number of sulfonamides is 1. The van der Waals surface area contributed by atoms with Crippen LogP contribution in [0, 0.1) is 10.1 Å². The number of amides is 1. The zero-order valence-electron chi connectivity index (χ0n) is 18.0. The molecule has 1 aliphatic rings. The van der Waals surface area contributed by atoms with E-state index < -0.39 is 20.9 Å². The highest BCUT2D eigenvalue weighted by Crippen LogP contribution is 2.27. The largest absolute Gasteiger partial charge is 0.379 e. The van der Waals surface area contributed by atoms with Crippen molar-refractivity contribution in [1.82, 2.24) is 9.62 Å². The van der Waals surface area contributed by atoms with Crippen LogP contribution < -0.4 is 10.2 Å². The molecule has 0 aliphatic carbocycles. The van der Waals surface area contributed by atoms with Crippen molar-refractivity contribution in [2.24, 2.45) is 0 Å². The van der Waals surface area contributed by atoms with Crippen LogP contribution in [0.3, 0.4) is 0 Å². The molecule has 0 unspecified atom stereocenters. The highest BCUT2D eigenvalue weighted by atomic mass is 32.2. The molecule has 0 spiro atoms. The van der Waals surface area contributed by atoms with Crippen molar-refractivity contribution in [3.63, 3.8) is 0 Å². The molecule has 172 valence electrons. The lowest BCUT2D eigenvalue weighted by molar-refractivity contribution is -0.384. The smallest absolute Gasteiger partial charge is 0.293 e. The number of ether oxygens (including phenoxy) is 1. The monoisotopic (exact) mass is 462 g/mol. The highest BCUT2D eigenvalue weighted by molar-refractivity contribution is 7.89. The fraction of sp³-hybridized carbons (Fsp3) is 0.381. The van der Waals surface area contributed by atoms with Gasteiger partial charge in [-0.2, -0.15) is 4.31 Å². The fourth-order valence-electron chi connectivity index (χ4n) is 3.38. The van der Waals surface area contributed by atoms with E-state index in [1.165, 1.54) is 10.4 Å². The number of morpholine rings is 1. The lowest BCUT2D eigenvalue weighted by Crippen LogP contribution is -2.40. The van der Waals surface area contributed by atoms with E-state index in [4.69, 9.17) is 4.74 Å². The molecule has 0 bridgehead atoms. The summed E-state index contributed by atoms with van der Waals surface area (Å²) in [6.07, 6.45) is 0.488. The Hall–Kier alpha value is -3.02. The Kier molecular flexibility index (Phi) is 7.44. The van der Waals surface area contributed by atoms with E-state index in [2.05, 4.69) is 5.32 Å². The second-order valence-corrected chi connectivity index (χ2v) is 9.46. The van der Waals surface area contributed by atoms with Crippen molar-refractivity contribution < 1.29 is 22.9 Å². The Labute approximate surface area is 187 Å². The van der Waals surface area contributed by atoms with E-state index in [1.54, 1.807) is 55.4 Å². The minimum absolute atomic E-state index is 0.139. The van der Waals surface area contributed by atoms with Crippen molar-refractivity contribution >= 4 is 27.3 Å². The predicted molar refractivity (Wildman–Crippen MR) is 119 cm³/mol. The van der Waals surface area contributed by atoms with Gasteiger partial charge in [-0.15, -0.1) is 0 Å². The van der Waals surface area contributed by atoms with Gasteiger partial charge in [0.15, 0.2) is 0 Å². The number of benzene rings is 2. The summed E-state index contributed by atoms with van der Waals surface area (Å²) >= 11 is 0. The molecular formula is C21H26N4O6S. The van der Waals surface area contributed by atoms with Gasteiger partial charge >= 0.3 is 0 Å². The first kappa shape index (κ1) is 23.6. The number of nitro groups is 1. The van der Waals surface area contributed by atoms with Gasteiger partial charge in [-0.1, -0.05) is 12.1 Å². The van der Waals surface area contributed by atoms with Gasteiger partial charge in [-0.25, -0.2) is 8.42 Å². The van der Waals surface area contributed by atoms with Gasteiger partial charge in [0, 0.05) is 45.4 Å². The second kappa shape index (κ2) is 10.1. The Balaban J connectivity index is 1.59. The molecule has 1 N–H and O–H groups in total. The third kappa shape index (κ3) is 5.42. The van der Waals surface area contributed by atoms with Crippen LogP contribution in [0.15, 0.2) is 47.4 Å². The van der Waals surface area contributed by atoms with Crippen LogP contribution in [0.5, 0.6) is 0 Å². The molecule has 1 aliphatic heterocycles. The van der Waals surface area contributed by atoms with Crippen molar-refractivity contribution in [2.45, 2.75) is 11.3 Å². The molecule has 0 atom stereocenters. The van der Waals surface area contributed by atoms with Crippen molar-refractivity contribution in [3.05, 3.63) is 63.7 Å². The van der Waals surface area contributed by atoms with Gasteiger partial charge in [-0.3, -0.25) is 14.9 Å². The quantitative estimate of drug-likeness (QED) is 0.468. The van der Waals surface area contributed by atoms with Gasteiger partial charge in [0.2, 0.25) is 10.0 Å². The van der Waals surface area contributed by atoms with Crippen LogP contribution in [0.1, 0.15) is 15.9 Å². The highest BCUT2D eigenvalue weighted by Gasteiger charge is 2.26. The molecule has 1 amide bonds. The number of nitrogens with zero attached hydrogens (tertiary/aromatic N) is 3. The van der Waals surface area contributed by atoms with Crippen LogP contribution >= 0.6 is 0 Å². The Morgan fingerprint density at radius 1 is 1.16 bits per heavy atom. The standard InChI is InChI=1S/C21H26N4O6S/c1-23(2)19-8-5-17(15-20(19)25(27)28)21(26)22-10-9-16-3-6-18(7-4-16)32(29,30)24-11-13-31-14-12-24/h3-8,15H,9-14H2,1-2H3,(H,22,26). The number of nitrogens with one attached hydrogen (secondary N) is 1. The molecule has 1 saturated heterocycles. The summed E-state index contributed by atoms with van der Waals surface area (Å²) in [6, 6.07) is 10.9. The van der Waals surface area contributed by atoms with Crippen molar-refractivity contribution in [3.8, 4) is 0 Å². The van der Waals surface area contributed by atoms with Crippen LogP contribution in [0.25, 0.3) is 0 Å². The average molecular weight is 463 g/mol. The van der Waals surface area contributed by atoms with Gasteiger partial charge in [0.05, 0.1) is 23.0 Å². The number of rotatable bonds is 8. The normalized spacial score (nSPS) is 14.7. The third-order valence-corrected chi connectivity index (χ3v) is 7.06. The molecule has 3 rings (SSSR count). The third-order valence-electron chi connectivity index (χ3n) is 5.15. The van der Waals surface area contributed by atoms with Crippen LogP contribution in [0.4, 0.5) is 11.4 Å². The molecule has 10 nitrogen and oxygen atoms in total. The van der Waals surface area contributed by atoms with Gasteiger partial charge in [0.1, 0.15) is 5.69 Å². The minimum Gasteiger partial charge on any atom is -0.379 e.